The summed E-state index contributed by atoms with van der Waals surface area (Å²) in [5.74, 6) is -0.383. The molecular formula is C12H19N3O2. The molecule has 2 rings (SSSR count). The van der Waals surface area contributed by atoms with Crippen LogP contribution in [0, 0.1) is 11.3 Å². The Labute approximate surface area is 101 Å². The Morgan fingerprint density at radius 2 is 2.12 bits per heavy atom. The van der Waals surface area contributed by atoms with Crippen molar-refractivity contribution in [3.63, 3.8) is 0 Å². The van der Waals surface area contributed by atoms with Gasteiger partial charge in [-0.05, 0) is 19.8 Å². The lowest BCUT2D eigenvalue weighted by Gasteiger charge is -2.23. The Balaban J connectivity index is 1.99. The number of likely N-dealkylation sites (tertiary alicyclic amines) is 1. The van der Waals surface area contributed by atoms with Gasteiger partial charge in [0.1, 0.15) is 0 Å². The summed E-state index contributed by atoms with van der Waals surface area (Å²) >= 11 is 0. The lowest BCUT2D eigenvalue weighted by atomic mass is 9.89. The summed E-state index contributed by atoms with van der Waals surface area (Å²) in [4.78, 5) is 25.2. The van der Waals surface area contributed by atoms with Crippen molar-refractivity contribution >= 4 is 11.8 Å². The molecule has 0 bridgehead atoms. The SMILES string of the molecule is CC1(C(N)=O)CCN(C(=O)C2C=CC(N)C2)C1. The van der Waals surface area contributed by atoms with E-state index in [1.807, 2.05) is 19.1 Å². The molecule has 5 nitrogen and oxygen atoms in total. The summed E-state index contributed by atoms with van der Waals surface area (Å²) in [5, 5.41) is 0. The van der Waals surface area contributed by atoms with Gasteiger partial charge in [-0.2, -0.15) is 0 Å². The Kier molecular flexibility index (Phi) is 2.95. The first-order chi connectivity index (χ1) is 7.92. The standard InChI is InChI=1S/C12H19N3O2/c1-12(11(14)17)4-5-15(7-12)10(16)8-2-3-9(13)6-8/h2-3,8-9H,4-7,13H2,1H3,(H2,14,17). The molecule has 4 N–H and O–H groups in total. The third-order valence-electron chi connectivity index (χ3n) is 3.81. The molecule has 0 radical (unpaired) electrons. The van der Waals surface area contributed by atoms with Crippen LogP contribution in [0.2, 0.25) is 0 Å². The highest BCUT2D eigenvalue weighted by molar-refractivity contribution is 5.85. The quantitative estimate of drug-likeness (QED) is 0.641. The minimum atomic E-state index is -0.569. The van der Waals surface area contributed by atoms with Crippen LogP contribution in [0.3, 0.4) is 0 Å². The fraction of sp³-hybridized carbons (Fsp3) is 0.667. The van der Waals surface area contributed by atoms with Gasteiger partial charge < -0.3 is 16.4 Å². The molecule has 1 aliphatic carbocycles. The van der Waals surface area contributed by atoms with Gasteiger partial charge in [0.05, 0.1) is 11.3 Å². The predicted molar refractivity (Wildman–Crippen MR) is 63.7 cm³/mol. The summed E-state index contributed by atoms with van der Waals surface area (Å²) < 4.78 is 0. The highest BCUT2D eigenvalue weighted by atomic mass is 16.2. The van der Waals surface area contributed by atoms with E-state index in [0.29, 0.717) is 25.9 Å². The normalized spacial score (nSPS) is 36.5. The molecule has 2 amide bonds. The van der Waals surface area contributed by atoms with Crippen molar-refractivity contribution in [1.29, 1.82) is 0 Å². The van der Waals surface area contributed by atoms with Gasteiger partial charge in [-0.1, -0.05) is 12.2 Å². The number of nitrogens with zero attached hydrogens (tertiary/aromatic N) is 1. The van der Waals surface area contributed by atoms with Gasteiger partial charge >= 0.3 is 0 Å². The maximum absolute atomic E-state index is 12.2. The Bertz CT molecular complexity index is 380. The molecule has 0 aromatic carbocycles. The molecule has 94 valence electrons. The van der Waals surface area contributed by atoms with Crippen molar-refractivity contribution in [2.24, 2.45) is 22.8 Å². The van der Waals surface area contributed by atoms with Crippen molar-refractivity contribution in [3.05, 3.63) is 12.2 Å². The van der Waals surface area contributed by atoms with Crippen molar-refractivity contribution in [3.8, 4) is 0 Å². The largest absolute Gasteiger partial charge is 0.369 e. The second-order valence-electron chi connectivity index (χ2n) is 5.33. The highest BCUT2D eigenvalue weighted by Crippen LogP contribution is 2.31. The van der Waals surface area contributed by atoms with E-state index < -0.39 is 5.41 Å². The molecule has 0 spiro atoms. The minimum Gasteiger partial charge on any atom is -0.369 e. The van der Waals surface area contributed by atoms with Crippen LogP contribution >= 0.6 is 0 Å². The number of hydrogen-bond donors (Lipinski definition) is 2. The molecule has 2 aliphatic rings. The maximum Gasteiger partial charge on any atom is 0.229 e. The zero-order valence-corrected chi connectivity index (χ0v) is 10.1. The van der Waals surface area contributed by atoms with Gasteiger partial charge in [0, 0.05) is 19.1 Å². The number of nitrogens with two attached hydrogens (primary N) is 2. The van der Waals surface area contributed by atoms with Crippen LogP contribution in [0.15, 0.2) is 12.2 Å². The summed E-state index contributed by atoms with van der Waals surface area (Å²) in [6.45, 7) is 2.86. The van der Waals surface area contributed by atoms with Crippen LogP contribution in [-0.4, -0.2) is 35.8 Å². The van der Waals surface area contributed by atoms with Crippen molar-refractivity contribution in [2.75, 3.05) is 13.1 Å². The van der Waals surface area contributed by atoms with Crippen LogP contribution in [0.5, 0.6) is 0 Å². The van der Waals surface area contributed by atoms with Gasteiger partial charge in [-0.15, -0.1) is 0 Å². The number of primary amides is 1. The molecule has 1 aliphatic heterocycles. The third kappa shape index (κ3) is 2.20. The average Bonchev–Trinajstić information content (AvgIpc) is 2.85. The summed E-state index contributed by atoms with van der Waals surface area (Å²) in [6.07, 6.45) is 5.05. The van der Waals surface area contributed by atoms with Gasteiger partial charge in [0.2, 0.25) is 11.8 Å². The van der Waals surface area contributed by atoms with Gasteiger partial charge in [-0.25, -0.2) is 0 Å². The van der Waals surface area contributed by atoms with E-state index in [-0.39, 0.29) is 23.8 Å². The second-order valence-corrected chi connectivity index (χ2v) is 5.33. The van der Waals surface area contributed by atoms with Crippen molar-refractivity contribution in [1.82, 2.24) is 4.90 Å². The van der Waals surface area contributed by atoms with Crippen molar-refractivity contribution in [2.45, 2.75) is 25.8 Å². The third-order valence-corrected chi connectivity index (χ3v) is 3.81. The van der Waals surface area contributed by atoms with E-state index in [1.54, 1.807) is 4.90 Å². The topological polar surface area (TPSA) is 89.4 Å². The number of hydrogen-bond acceptors (Lipinski definition) is 3. The molecule has 5 heteroatoms. The average molecular weight is 237 g/mol. The van der Waals surface area contributed by atoms with E-state index in [4.69, 9.17) is 11.5 Å². The maximum atomic E-state index is 12.2. The predicted octanol–water partition coefficient (Wildman–Crippen LogP) is -0.386. The Hall–Kier alpha value is -1.36. The Morgan fingerprint density at radius 1 is 1.41 bits per heavy atom. The second kappa shape index (κ2) is 4.14. The highest BCUT2D eigenvalue weighted by Gasteiger charge is 2.42. The van der Waals surface area contributed by atoms with Crippen LogP contribution in [0.4, 0.5) is 0 Å². The zero-order chi connectivity index (χ0) is 12.6. The van der Waals surface area contributed by atoms with E-state index >= 15 is 0 Å². The summed E-state index contributed by atoms with van der Waals surface area (Å²) in [5.41, 5.74) is 10.5. The molecule has 0 saturated carbocycles. The number of amides is 2. The number of carbonyl (C=O) groups excluding carboxylic acids is 2. The van der Waals surface area contributed by atoms with Crippen LogP contribution in [0.25, 0.3) is 0 Å². The first-order valence-electron chi connectivity index (χ1n) is 5.95. The first-order valence-corrected chi connectivity index (χ1v) is 5.95. The van der Waals surface area contributed by atoms with Crippen LogP contribution in [0.1, 0.15) is 19.8 Å². The number of rotatable bonds is 2. The molecule has 17 heavy (non-hydrogen) atoms. The molecule has 3 unspecified atom stereocenters. The first kappa shape index (κ1) is 12.1. The molecule has 1 saturated heterocycles. The molecular weight excluding hydrogens is 218 g/mol. The van der Waals surface area contributed by atoms with Crippen LogP contribution < -0.4 is 11.5 Å². The van der Waals surface area contributed by atoms with Gasteiger partial charge in [-0.3, -0.25) is 9.59 Å². The van der Waals surface area contributed by atoms with Gasteiger partial charge in [0.25, 0.3) is 0 Å². The van der Waals surface area contributed by atoms with E-state index in [0.717, 1.165) is 0 Å². The number of carbonyl (C=O) groups is 2. The van der Waals surface area contributed by atoms with Crippen LogP contribution in [-0.2, 0) is 9.59 Å². The minimum absolute atomic E-state index is 0.0194. The Morgan fingerprint density at radius 3 is 2.59 bits per heavy atom. The van der Waals surface area contributed by atoms with Crippen molar-refractivity contribution < 1.29 is 9.59 Å². The summed E-state index contributed by atoms with van der Waals surface area (Å²) in [7, 11) is 0. The molecule has 1 heterocycles. The molecule has 0 aromatic rings. The summed E-state index contributed by atoms with van der Waals surface area (Å²) in [6, 6.07) is -0.0194. The smallest absolute Gasteiger partial charge is 0.229 e. The lowest BCUT2D eigenvalue weighted by Crippen LogP contribution is -2.40. The van der Waals surface area contributed by atoms with Gasteiger partial charge in [0.15, 0.2) is 0 Å². The zero-order valence-electron chi connectivity index (χ0n) is 10.1. The molecule has 3 atom stereocenters. The fourth-order valence-electron chi connectivity index (χ4n) is 2.50. The monoisotopic (exact) mass is 237 g/mol. The van der Waals surface area contributed by atoms with E-state index in [1.165, 1.54) is 0 Å². The van der Waals surface area contributed by atoms with E-state index in [2.05, 4.69) is 0 Å². The fourth-order valence-corrected chi connectivity index (χ4v) is 2.50. The molecule has 0 aromatic heterocycles. The lowest BCUT2D eigenvalue weighted by molar-refractivity contribution is -0.134. The van der Waals surface area contributed by atoms with E-state index in [9.17, 15) is 9.59 Å². The molecule has 1 fully saturated rings.